The number of anilines is 2. The Morgan fingerprint density at radius 2 is 2.17 bits per heavy atom. The second-order valence-electron chi connectivity index (χ2n) is 5.38. The summed E-state index contributed by atoms with van der Waals surface area (Å²) in [4.78, 5) is 22.8. The summed E-state index contributed by atoms with van der Waals surface area (Å²) in [5, 5.41) is 8.59. The summed E-state index contributed by atoms with van der Waals surface area (Å²) in [6.07, 6.45) is 5.99. The molecule has 7 heteroatoms. The van der Waals surface area contributed by atoms with Gasteiger partial charge in [-0.25, -0.2) is 9.67 Å². The van der Waals surface area contributed by atoms with Gasteiger partial charge in [-0.1, -0.05) is 0 Å². The van der Waals surface area contributed by atoms with Crippen molar-refractivity contribution < 1.29 is 4.79 Å². The number of aromatic nitrogens is 5. The van der Waals surface area contributed by atoms with Crippen molar-refractivity contribution >= 4 is 28.8 Å². The van der Waals surface area contributed by atoms with Gasteiger partial charge < -0.3 is 10.3 Å². The van der Waals surface area contributed by atoms with Crippen LogP contribution < -0.4 is 5.32 Å². The Labute approximate surface area is 137 Å². The van der Waals surface area contributed by atoms with Crippen LogP contribution in [0.3, 0.4) is 0 Å². The second kappa shape index (κ2) is 5.62. The van der Waals surface area contributed by atoms with Gasteiger partial charge in [0.2, 0.25) is 5.95 Å². The van der Waals surface area contributed by atoms with Gasteiger partial charge in [-0.05, 0) is 31.2 Å². The van der Waals surface area contributed by atoms with Crippen LogP contribution in [0.15, 0.2) is 48.9 Å². The molecule has 0 unspecified atom stereocenters. The highest BCUT2D eigenvalue weighted by Crippen LogP contribution is 2.20. The van der Waals surface area contributed by atoms with Crippen molar-refractivity contribution in [3.05, 3.63) is 60.2 Å². The Morgan fingerprint density at radius 3 is 3.00 bits per heavy atom. The van der Waals surface area contributed by atoms with Gasteiger partial charge in [0.25, 0.3) is 0 Å². The smallest absolute Gasteiger partial charge is 0.229 e. The number of H-pyrrole nitrogens is 1. The van der Waals surface area contributed by atoms with E-state index in [9.17, 15) is 4.79 Å². The summed E-state index contributed by atoms with van der Waals surface area (Å²) < 4.78 is 1.57. The lowest BCUT2D eigenvalue weighted by molar-refractivity contribution is 0.112. The lowest BCUT2D eigenvalue weighted by Gasteiger charge is -2.06. The molecule has 0 saturated carbocycles. The number of hydrogen-bond acceptors (Lipinski definition) is 5. The van der Waals surface area contributed by atoms with Gasteiger partial charge in [0, 0.05) is 41.2 Å². The number of nitrogens with one attached hydrogen (secondary N) is 2. The third kappa shape index (κ3) is 2.52. The van der Waals surface area contributed by atoms with E-state index < -0.39 is 0 Å². The van der Waals surface area contributed by atoms with Crippen LogP contribution >= 0.6 is 0 Å². The molecule has 24 heavy (non-hydrogen) atoms. The largest absolute Gasteiger partial charge is 0.361 e. The Kier molecular flexibility index (Phi) is 3.31. The van der Waals surface area contributed by atoms with Crippen LogP contribution in [-0.4, -0.2) is 31.0 Å². The number of hydrogen-bond donors (Lipinski definition) is 2. The van der Waals surface area contributed by atoms with Crippen LogP contribution in [0.1, 0.15) is 16.1 Å². The van der Waals surface area contributed by atoms with Gasteiger partial charge in [0.05, 0.1) is 11.3 Å². The molecule has 0 radical (unpaired) electrons. The number of benzene rings is 1. The van der Waals surface area contributed by atoms with Crippen molar-refractivity contribution in [1.29, 1.82) is 0 Å². The average Bonchev–Trinajstić information content (AvgIpc) is 3.20. The van der Waals surface area contributed by atoms with E-state index in [4.69, 9.17) is 0 Å². The molecule has 4 rings (SSSR count). The molecule has 118 valence electrons. The van der Waals surface area contributed by atoms with Gasteiger partial charge in [-0.2, -0.15) is 10.1 Å². The van der Waals surface area contributed by atoms with Gasteiger partial charge in [-0.15, -0.1) is 0 Å². The monoisotopic (exact) mass is 318 g/mol. The molecule has 0 aliphatic heterocycles. The maximum absolute atomic E-state index is 11.0. The van der Waals surface area contributed by atoms with Crippen molar-refractivity contribution in [2.45, 2.75) is 6.92 Å². The molecule has 0 fully saturated rings. The number of rotatable bonds is 4. The predicted octanol–water partition coefficient (Wildman–Crippen LogP) is 3.01. The van der Waals surface area contributed by atoms with Gasteiger partial charge in [0.15, 0.2) is 12.1 Å². The molecule has 0 spiro atoms. The molecule has 1 aromatic carbocycles. The van der Waals surface area contributed by atoms with Crippen molar-refractivity contribution in [3.8, 4) is 5.82 Å². The number of nitrogens with zero attached hydrogens (tertiary/aromatic N) is 4. The summed E-state index contributed by atoms with van der Waals surface area (Å²) in [7, 11) is 0. The number of aldehydes is 1. The molecule has 0 bridgehead atoms. The SMILES string of the molecule is Cc1nn(-c2ccnc(Nc3ccc4[nH]ccc4c3)n2)cc1C=O. The van der Waals surface area contributed by atoms with E-state index >= 15 is 0 Å². The topological polar surface area (TPSA) is 88.5 Å². The minimum atomic E-state index is 0.461. The highest BCUT2D eigenvalue weighted by Gasteiger charge is 2.08. The Bertz CT molecular complexity index is 1030. The predicted molar refractivity (Wildman–Crippen MR) is 90.9 cm³/mol. The van der Waals surface area contributed by atoms with Crippen LogP contribution in [0.2, 0.25) is 0 Å². The zero-order valence-electron chi connectivity index (χ0n) is 12.9. The fraction of sp³-hybridized carbons (Fsp3) is 0.0588. The van der Waals surface area contributed by atoms with E-state index in [1.807, 2.05) is 30.5 Å². The van der Waals surface area contributed by atoms with E-state index in [1.165, 1.54) is 0 Å². The first-order valence-corrected chi connectivity index (χ1v) is 7.42. The van der Waals surface area contributed by atoms with Crippen LogP contribution in [0.5, 0.6) is 0 Å². The highest BCUT2D eigenvalue weighted by molar-refractivity contribution is 5.83. The van der Waals surface area contributed by atoms with Crippen molar-refractivity contribution in [1.82, 2.24) is 24.7 Å². The fourth-order valence-electron chi connectivity index (χ4n) is 2.50. The molecular weight excluding hydrogens is 304 g/mol. The van der Waals surface area contributed by atoms with Crippen LogP contribution in [0.25, 0.3) is 16.7 Å². The summed E-state index contributed by atoms with van der Waals surface area (Å²) in [5.41, 5.74) is 3.17. The van der Waals surface area contributed by atoms with Crippen LogP contribution in [-0.2, 0) is 0 Å². The Morgan fingerprint density at radius 1 is 1.25 bits per heavy atom. The first-order valence-electron chi connectivity index (χ1n) is 7.42. The van der Waals surface area contributed by atoms with E-state index in [0.717, 1.165) is 22.9 Å². The molecule has 7 nitrogen and oxygen atoms in total. The molecule has 3 heterocycles. The number of fused-ring (bicyclic) bond motifs is 1. The summed E-state index contributed by atoms with van der Waals surface area (Å²) in [5.74, 6) is 1.05. The molecule has 0 aliphatic carbocycles. The molecule has 4 aromatic rings. The standard InChI is InChI=1S/C17H14N6O/c1-11-13(10-24)9-23(22-11)16-5-7-19-17(21-16)20-14-2-3-15-12(8-14)4-6-18-15/h2-10,18H,1H3,(H,19,20,21). The third-order valence-electron chi connectivity index (χ3n) is 3.75. The summed E-state index contributed by atoms with van der Waals surface area (Å²) in [6.45, 7) is 1.78. The minimum absolute atomic E-state index is 0.461. The maximum Gasteiger partial charge on any atom is 0.229 e. The molecule has 2 N–H and O–H groups in total. The summed E-state index contributed by atoms with van der Waals surface area (Å²) >= 11 is 0. The van der Waals surface area contributed by atoms with Gasteiger partial charge in [-0.3, -0.25) is 4.79 Å². The average molecular weight is 318 g/mol. The first-order chi connectivity index (χ1) is 11.7. The van der Waals surface area contributed by atoms with Gasteiger partial charge >= 0.3 is 0 Å². The van der Waals surface area contributed by atoms with E-state index in [0.29, 0.717) is 23.0 Å². The van der Waals surface area contributed by atoms with Crippen molar-refractivity contribution in [3.63, 3.8) is 0 Å². The number of aryl methyl sites for hydroxylation is 1. The number of carbonyl (C=O) groups excluding carboxylic acids is 1. The van der Waals surface area contributed by atoms with E-state index in [2.05, 4.69) is 25.4 Å². The summed E-state index contributed by atoms with van der Waals surface area (Å²) in [6, 6.07) is 9.71. The van der Waals surface area contributed by atoms with Crippen LogP contribution in [0.4, 0.5) is 11.6 Å². The molecule has 0 amide bonds. The van der Waals surface area contributed by atoms with Gasteiger partial charge in [0.1, 0.15) is 0 Å². The number of carbonyl (C=O) groups is 1. The van der Waals surface area contributed by atoms with E-state index in [-0.39, 0.29) is 0 Å². The highest BCUT2D eigenvalue weighted by atomic mass is 16.1. The zero-order chi connectivity index (χ0) is 16.5. The Hall–Kier alpha value is -3.48. The second-order valence-corrected chi connectivity index (χ2v) is 5.38. The molecule has 0 saturated heterocycles. The Balaban J connectivity index is 1.65. The molecular formula is C17H14N6O. The molecule has 3 aromatic heterocycles. The fourth-order valence-corrected chi connectivity index (χ4v) is 2.50. The quantitative estimate of drug-likeness (QED) is 0.565. The number of aromatic amines is 1. The minimum Gasteiger partial charge on any atom is -0.361 e. The zero-order valence-corrected chi connectivity index (χ0v) is 12.9. The third-order valence-corrected chi connectivity index (χ3v) is 3.75. The van der Waals surface area contributed by atoms with E-state index in [1.54, 1.807) is 30.1 Å². The van der Waals surface area contributed by atoms with Crippen molar-refractivity contribution in [2.75, 3.05) is 5.32 Å². The molecule has 0 atom stereocenters. The lowest BCUT2D eigenvalue weighted by Crippen LogP contribution is -2.03. The normalized spacial score (nSPS) is 10.9. The van der Waals surface area contributed by atoms with Crippen LogP contribution in [0, 0.1) is 6.92 Å². The first kappa shape index (κ1) is 14.1. The molecule has 0 aliphatic rings. The maximum atomic E-state index is 11.0. The van der Waals surface area contributed by atoms with Crippen molar-refractivity contribution in [2.24, 2.45) is 0 Å². The lowest BCUT2D eigenvalue weighted by atomic mass is 10.2.